The molecule has 2 N–H and O–H groups in total. The summed E-state index contributed by atoms with van der Waals surface area (Å²) in [5.74, 6) is 3.25. The maximum absolute atomic E-state index is 12.8. The first-order valence-electron chi connectivity index (χ1n) is 14.1. The van der Waals surface area contributed by atoms with Gasteiger partial charge in [-0.1, -0.05) is 34.6 Å². The molecule has 0 aromatic heterocycles. The van der Waals surface area contributed by atoms with Crippen LogP contribution < -0.4 is 0 Å². The van der Waals surface area contributed by atoms with Crippen LogP contribution in [0.1, 0.15) is 119 Å². The Balaban J connectivity index is 1.37. The molecule has 5 aliphatic carbocycles. The Hall–Kier alpha value is -0.410. The molecule has 33 heavy (non-hydrogen) atoms. The highest BCUT2D eigenvalue weighted by Gasteiger charge is 2.82. The molecule has 0 radical (unpaired) electrons. The monoisotopic (exact) mass is 458 g/mol. The summed E-state index contributed by atoms with van der Waals surface area (Å²) in [5.41, 5.74) is 0.606. The van der Waals surface area contributed by atoms with Crippen molar-refractivity contribution in [1.29, 1.82) is 0 Å². The smallest absolute Gasteiger partial charge is 0.138 e. The van der Waals surface area contributed by atoms with Crippen LogP contribution in [0.3, 0.4) is 0 Å². The van der Waals surface area contributed by atoms with E-state index >= 15 is 0 Å². The van der Waals surface area contributed by atoms with E-state index in [1.54, 1.807) is 13.8 Å². The highest BCUT2D eigenvalue weighted by atomic mass is 16.3. The molecule has 188 valence electrons. The van der Waals surface area contributed by atoms with Gasteiger partial charge in [-0.2, -0.15) is 0 Å². The molecule has 2 spiro atoms. The van der Waals surface area contributed by atoms with Crippen LogP contribution in [0.4, 0.5) is 0 Å². The lowest BCUT2D eigenvalue weighted by Crippen LogP contribution is -2.57. The van der Waals surface area contributed by atoms with Crippen LogP contribution >= 0.6 is 0 Å². The first kappa shape index (κ1) is 24.3. The molecule has 5 saturated carbocycles. The van der Waals surface area contributed by atoms with Crippen LogP contribution in [0.15, 0.2) is 0 Å². The molecule has 1 unspecified atom stereocenters. The number of carbonyl (C=O) groups excluding carboxylic acids is 1. The van der Waals surface area contributed by atoms with Gasteiger partial charge in [-0.05, 0) is 123 Å². The molecule has 0 saturated heterocycles. The van der Waals surface area contributed by atoms with Crippen molar-refractivity contribution in [3.8, 4) is 0 Å². The van der Waals surface area contributed by atoms with Crippen LogP contribution in [-0.4, -0.2) is 27.7 Å². The molecule has 0 aromatic carbocycles. The Morgan fingerprint density at radius 2 is 1.55 bits per heavy atom. The molecule has 0 amide bonds. The second kappa shape index (κ2) is 7.09. The lowest BCUT2D eigenvalue weighted by Gasteiger charge is -2.62. The van der Waals surface area contributed by atoms with Gasteiger partial charge in [-0.25, -0.2) is 0 Å². The molecule has 0 aliphatic heterocycles. The first-order valence-corrected chi connectivity index (χ1v) is 14.1. The average molecular weight is 459 g/mol. The number of hydrogen-bond donors (Lipinski definition) is 2. The first-order chi connectivity index (χ1) is 15.2. The zero-order valence-electron chi connectivity index (χ0n) is 22.5. The van der Waals surface area contributed by atoms with Gasteiger partial charge in [0, 0.05) is 11.8 Å². The number of fused-ring (bicyclic) bond motifs is 2. The van der Waals surface area contributed by atoms with Crippen molar-refractivity contribution in [2.75, 3.05) is 0 Å². The molecule has 0 bridgehead atoms. The van der Waals surface area contributed by atoms with E-state index in [9.17, 15) is 15.0 Å². The molecular weight excluding hydrogens is 408 g/mol. The van der Waals surface area contributed by atoms with Crippen LogP contribution in [0, 0.1) is 50.7 Å². The molecule has 5 rings (SSSR count). The fraction of sp³-hybridized carbons (Fsp3) is 0.967. The van der Waals surface area contributed by atoms with E-state index in [4.69, 9.17) is 0 Å². The summed E-state index contributed by atoms with van der Waals surface area (Å²) in [4.78, 5) is 12.8. The SMILES string of the molecule is C[C@H](CCC(O)C(C)(C)O)[C@H]1CC[C@@]2(C)[C@@H]3CC[C@@H]4C(C)(C)C(=O)CC[C@@]45C[C@@]35CC[C@]12C. The topological polar surface area (TPSA) is 57.5 Å². The van der Waals surface area contributed by atoms with E-state index in [2.05, 4.69) is 34.6 Å². The van der Waals surface area contributed by atoms with Gasteiger partial charge < -0.3 is 10.2 Å². The number of ketones is 1. The average Bonchev–Trinajstić information content (AvgIpc) is 3.31. The second-order valence-electron chi connectivity index (χ2n) is 15.0. The summed E-state index contributed by atoms with van der Waals surface area (Å²) in [7, 11) is 0. The van der Waals surface area contributed by atoms with Crippen molar-refractivity contribution in [2.45, 2.75) is 131 Å². The van der Waals surface area contributed by atoms with Crippen LogP contribution in [0.5, 0.6) is 0 Å². The Kier molecular flexibility index (Phi) is 5.22. The molecule has 0 heterocycles. The van der Waals surface area contributed by atoms with E-state index in [1.807, 2.05) is 0 Å². The molecule has 0 aromatic rings. The summed E-state index contributed by atoms with van der Waals surface area (Å²) < 4.78 is 0. The number of Topliss-reactive ketones (excluding diaryl/α,β-unsaturated/α-hetero) is 1. The minimum absolute atomic E-state index is 0.123. The van der Waals surface area contributed by atoms with Crippen LogP contribution in [0.25, 0.3) is 0 Å². The number of rotatable bonds is 5. The maximum Gasteiger partial charge on any atom is 0.138 e. The lowest BCUT2D eigenvalue weighted by atomic mass is 9.42. The summed E-state index contributed by atoms with van der Waals surface area (Å²) in [6.07, 6.45) is 12.4. The van der Waals surface area contributed by atoms with Crippen molar-refractivity contribution < 1.29 is 15.0 Å². The summed E-state index contributed by atoms with van der Waals surface area (Å²) >= 11 is 0. The van der Waals surface area contributed by atoms with E-state index in [0.29, 0.717) is 51.6 Å². The molecular formula is C30H50O3. The van der Waals surface area contributed by atoms with Gasteiger partial charge in [0.05, 0.1) is 11.7 Å². The summed E-state index contributed by atoms with van der Waals surface area (Å²) in [6.45, 7) is 15.7. The van der Waals surface area contributed by atoms with Gasteiger partial charge >= 0.3 is 0 Å². The van der Waals surface area contributed by atoms with E-state index in [1.165, 1.54) is 44.9 Å². The van der Waals surface area contributed by atoms with E-state index in [-0.39, 0.29) is 5.41 Å². The summed E-state index contributed by atoms with van der Waals surface area (Å²) in [5, 5.41) is 20.6. The van der Waals surface area contributed by atoms with Crippen LogP contribution in [-0.2, 0) is 4.79 Å². The van der Waals surface area contributed by atoms with Gasteiger partial charge in [-0.15, -0.1) is 0 Å². The van der Waals surface area contributed by atoms with Gasteiger partial charge in [0.15, 0.2) is 0 Å². The molecule has 9 atom stereocenters. The summed E-state index contributed by atoms with van der Waals surface area (Å²) in [6, 6.07) is 0. The fourth-order valence-electron chi connectivity index (χ4n) is 11.1. The van der Waals surface area contributed by atoms with Crippen molar-refractivity contribution in [1.82, 2.24) is 0 Å². The maximum atomic E-state index is 12.8. The predicted molar refractivity (Wildman–Crippen MR) is 133 cm³/mol. The zero-order chi connectivity index (χ0) is 24.2. The minimum Gasteiger partial charge on any atom is -0.390 e. The third-order valence-electron chi connectivity index (χ3n) is 13.3. The van der Waals surface area contributed by atoms with Gasteiger partial charge in [0.2, 0.25) is 0 Å². The van der Waals surface area contributed by atoms with E-state index in [0.717, 1.165) is 25.2 Å². The van der Waals surface area contributed by atoms with E-state index < -0.39 is 11.7 Å². The number of aliphatic hydroxyl groups excluding tert-OH is 1. The van der Waals surface area contributed by atoms with Crippen molar-refractivity contribution in [2.24, 2.45) is 50.7 Å². The minimum atomic E-state index is -1.01. The number of aliphatic hydroxyl groups is 2. The lowest BCUT2D eigenvalue weighted by molar-refractivity contribution is -0.157. The normalized spacial score (nSPS) is 50.0. The largest absolute Gasteiger partial charge is 0.390 e. The van der Waals surface area contributed by atoms with Gasteiger partial charge in [0.1, 0.15) is 5.78 Å². The molecule has 3 nitrogen and oxygen atoms in total. The van der Waals surface area contributed by atoms with Crippen molar-refractivity contribution in [3.63, 3.8) is 0 Å². The third-order valence-corrected chi connectivity index (χ3v) is 13.3. The molecule has 5 fully saturated rings. The van der Waals surface area contributed by atoms with Crippen molar-refractivity contribution in [3.05, 3.63) is 0 Å². The highest BCUT2D eigenvalue weighted by molar-refractivity contribution is 5.86. The van der Waals surface area contributed by atoms with Gasteiger partial charge in [0.25, 0.3) is 0 Å². The second-order valence-corrected chi connectivity index (χ2v) is 15.0. The molecule has 3 heteroatoms. The van der Waals surface area contributed by atoms with Crippen molar-refractivity contribution >= 4 is 5.78 Å². The number of carbonyl (C=O) groups is 1. The standard InChI is InChI=1S/C30H50O3/c1-19(8-11-24(32)26(4,5)33)20-12-14-28(7)22-10-9-21-25(2,3)23(31)13-15-29(21)18-30(22,29)17-16-27(20,28)6/h19-22,24,32-33H,8-18H2,1-7H3/t19-,20-,21-,22+,24?,27-,28+,29-,30+/m1/s1. The Morgan fingerprint density at radius 3 is 2.21 bits per heavy atom. The highest BCUT2D eigenvalue weighted by Crippen LogP contribution is 2.88. The number of hydrogen-bond acceptors (Lipinski definition) is 3. The van der Waals surface area contributed by atoms with Crippen LogP contribution in [0.2, 0.25) is 0 Å². The zero-order valence-corrected chi connectivity index (χ0v) is 22.5. The Labute approximate surface area is 202 Å². The quantitative estimate of drug-likeness (QED) is 0.491. The third kappa shape index (κ3) is 2.96. The Morgan fingerprint density at radius 1 is 0.909 bits per heavy atom. The fourth-order valence-corrected chi connectivity index (χ4v) is 11.1. The Bertz CT molecular complexity index is 825. The predicted octanol–water partition coefficient (Wildman–Crippen LogP) is 6.54. The van der Waals surface area contributed by atoms with Gasteiger partial charge in [-0.3, -0.25) is 4.79 Å². The molecule has 5 aliphatic rings.